The summed E-state index contributed by atoms with van der Waals surface area (Å²) in [6.45, 7) is 0. The Bertz CT molecular complexity index is 903. The van der Waals surface area contributed by atoms with Crippen LogP contribution in [0.2, 0.25) is 5.02 Å². The maximum atomic E-state index is 12.3. The third-order valence-electron chi connectivity index (χ3n) is 2.95. The first-order chi connectivity index (χ1) is 10.5. The van der Waals surface area contributed by atoms with Crippen LogP contribution in [0.1, 0.15) is 10.4 Å². The van der Waals surface area contributed by atoms with Gasteiger partial charge in [0.15, 0.2) is 5.13 Å². The maximum absolute atomic E-state index is 12.3. The number of aryl methyl sites for hydroxylation is 1. The number of imidazole rings is 1. The summed E-state index contributed by atoms with van der Waals surface area (Å²) in [6, 6.07) is 3.21. The Morgan fingerprint density at radius 1 is 1.45 bits per heavy atom. The molecule has 112 valence electrons. The van der Waals surface area contributed by atoms with Crippen LogP contribution < -0.4 is 5.32 Å². The average Bonchev–Trinajstić information content (AvgIpc) is 3.05. The lowest BCUT2D eigenvalue weighted by Gasteiger charge is -2.05. The van der Waals surface area contributed by atoms with Crippen LogP contribution in [0.3, 0.4) is 0 Å². The quantitative estimate of drug-likeness (QED) is 0.584. The summed E-state index contributed by atoms with van der Waals surface area (Å²) in [7, 11) is 1.80. The molecule has 1 N–H and O–H groups in total. The van der Waals surface area contributed by atoms with E-state index in [9.17, 15) is 14.9 Å². The molecule has 0 atom stereocenters. The number of rotatable bonds is 3. The van der Waals surface area contributed by atoms with Crippen molar-refractivity contribution in [2.75, 3.05) is 5.32 Å². The third kappa shape index (κ3) is 2.51. The van der Waals surface area contributed by atoms with Crippen LogP contribution in [0.15, 0.2) is 24.7 Å². The number of benzene rings is 1. The average molecular weight is 338 g/mol. The molecular formula is C12H8ClN5O3S. The highest BCUT2D eigenvalue weighted by molar-refractivity contribution is 7.18. The van der Waals surface area contributed by atoms with Crippen molar-refractivity contribution < 1.29 is 9.72 Å². The van der Waals surface area contributed by atoms with Crippen LogP contribution in [0, 0.1) is 10.1 Å². The monoisotopic (exact) mass is 337 g/mol. The summed E-state index contributed by atoms with van der Waals surface area (Å²) in [5.41, 5.74) is 1.67. The normalized spacial score (nSPS) is 10.8. The topological polar surface area (TPSA) is 103 Å². The largest absolute Gasteiger partial charge is 0.345 e. The first-order valence-corrected chi connectivity index (χ1v) is 7.17. The molecule has 0 radical (unpaired) electrons. The van der Waals surface area contributed by atoms with Crippen molar-refractivity contribution in [3.05, 3.63) is 45.4 Å². The van der Waals surface area contributed by atoms with E-state index in [4.69, 9.17) is 11.6 Å². The van der Waals surface area contributed by atoms with Gasteiger partial charge in [0.05, 0.1) is 32.9 Å². The van der Waals surface area contributed by atoms with Crippen LogP contribution in [-0.2, 0) is 7.05 Å². The molecule has 0 aliphatic heterocycles. The predicted octanol–water partition coefficient (Wildman–Crippen LogP) is 2.84. The van der Waals surface area contributed by atoms with Gasteiger partial charge in [-0.3, -0.25) is 20.2 Å². The van der Waals surface area contributed by atoms with E-state index in [-0.39, 0.29) is 20.7 Å². The molecule has 3 rings (SSSR count). The Morgan fingerprint density at radius 2 is 2.23 bits per heavy atom. The lowest BCUT2D eigenvalue weighted by Crippen LogP contribution is -2.12. The minimum atomic E-state index is -0.567. The number of fused-ring (bicyclic) bond motifs is 1. The Hall–Kier alpha value is -2.52. The summed E-state index contributed by atoms with van der Waals surface area (Å²) < 4.78 is 1.76. The SMILES string of the molecule is Cn1cnc2cc(Cl)c(C(=O)Nc3ncc([N+](=O)[O-])s3)cc21. The molecule has 2 heterocycles. The summed E-state index contributed by atoms with van der Waals surface area (Å²) >= 11 is 6.87. The fourth-order valence-electron chi connectivity index (χ4n) is 1.89. The summed E-state index contributed by atoms with van der Waals surface area (Å²) in [6.07, 6.45) is 2.71. The van der Waals surface area contributed by atoms with E-state index in [0.717, 1.165) is 23.1 Å². The zero-order valence-electron chi connectivity index (χ0n) is 11.1. The second-order valence-electron chi connectivity index (χ2n) is 4.39. The smallest absolute Gasteiger partial charge is 0.334 e. The van der Waals surface area contributed by atoms with E-state index in [2.05, 4.69) is 15.3 Å². The van der Waals surface area contributed by atoms with Crippen LogP contribution in [0.4, 0.5) is 10.1 Å². The molecule has 0 saturated carbocycles. The van der Waals surface area contributed by atoms with Crippen LogP contribution in [0.25, 0.3) is 11.0 Å². The zero-order valence-corrected chi connectivity index (χ0v) is 12.7. The lowest BCUT2D eigenvalue weighted by atomic mass is 10.2. The van der Waals surface area contributed by atoms with Crippen molar-refractivity contribution >= 4 is 50.0 Å². The fraction of sp³-hybridized carbons (Fsp3) is 0.0833. The second kappa shape index (κ2) is 5.35. The molecule has 0 unspecified atom stereocenters. The molecule has 0 saturated heterocycles. The molecule has 2 aromatic heterocycles. The third-order valence-corrected chi connectivity index (χ3v) is 4.13. The number of amides is 1. The second-order valence-corrected chi connectivity index (χ2v) is 5.81. The van der Waals surface area contributed by atoms with Crippen molar-refractivity contribution in [2.45, 2.75) is 0 Å². The fourth-order valence-corrected chi connectivity index (χ4v) is 2.77. The summed E-state index contributed by atoms with van der Waals surface area (Å²) in [4.78, 5) is 30.2. The van der Waals surface area contributed by atoms with Gasteiger partial charge in [-0.15, -0.1) is 0 Å². The van der Waals surface area contributed by atoms with Gasteiger partial charge >= 0.3 is 5.00 Å². The number of hydrogen-bond donors (Lipinski definition) is 1. The number of anilines is 1. The lowest BCUT2D eigenvalue weighted by molar-refractivity contribution is -0.380. The van der Waals surface area contributed by atoms with Crippen LogP contribution in [-0.4, -0.2) is 25.4 Å². The summed E-state index contributed by atoms with van der Waals surface area (Å²) in [5, 5.41) is 13.3. The van der Waals surface area contributed by atoms with Gasteiger partial charge in [-0.1, -0.05) is 11.6 Å². The molecule has 0 bridgehead atoms. The van der Waals surface area contributed by atoms with Gasteiger partial charge in [0.1, 0.15) is 6.20 Å². The van der Waals surface area contributed by atoms with E-state index in [1.165, 1.54) is 0 Å². The van der Waals surface area contributed by atoms with Gasteiger partial charge in [-0.05, 0) is 23.5 Å². The van der Waals surface area contributed by atoms with E-state index < -0.39 is 10.8 Å². The number of carbonyl (C=O) groups is 1. The number of aromatic nitrogens is 3. The molecule has 0 spiro atoms. The van der Waals surface area contributed by atoms with Crippen molar-refractivity contribution in [1.82, 2.24) is 14.5 Å². The van der Waals surface area contributed by atoms with Gasteiger partial charge < -0.3 is 4.57 Å². The maximum Gasteiger partial charge on any atom is 0.345 e. The highest BCUT2D eigenvalue weighted by atomic mass is 35.5. The number of thiazole rings is 1. The van der Waals surface area contributed by atoms with Gasteiger partial charge in [-0.25, -0.2) is 9.97 Å². The molecular weight excluding hydrogens is 330 g/mol. The molecule has 22 heavy (non-hydrogen) atoms. The molecule has 1 amide bonds. The zero-order chi connectivity index (χ0) is 15.9. The van der Waals surface area contributed by atoms with E-state index in [1.807, 2.05) is 0 Å². The Labute approximate surface area is 132 Å². The molecule has 3 aromatic rings. The molecule has 10 heteroatoms. The predicted molar refractivity (Wildman–Crippen MR) is 82.4 cm³/mol. The Morgan fingerprint density at radius 3 is 2.91 bits per heavy atom. The highest BCUT2D eigenvalue weighted by Crippen LogP contribution is 2.27. The van der Waals surface area contributed by atoms with E-state index in [1.54, 1.807) is 30.1 Å². The van der Waals surface area contributed by atoms with Crippen molar-refractivity contribution in [2.24, 2.45) is 7.05 Å². The number of hydrogen-bond acceptors (Lipinski definition) is 6. The molecule has 8 nitrogen and oxygen atoms in total. The number of halogens is 1. The minimum absolute atomic E-state index is 0.137. The van der Waals surface area contributed by atoms with Crippen LogP contribution >= 0.6 is 22.9 Å². The van der Waals surface area contributed by atoms with Crippen molar-refractivity contribution in [3.63, 3.8) is 0 Å². The minimum Gasteiger partial charge on any atom is -0.334 e. The van der Waals surface area contributed by atoms with Crippen molar-refractivity contribution in [3.8, 4) is 0 Å². The highest BCUT2D eigenvalue weighted by Gasteiger charge is 2.17. The standard InChI is InChI=1S/C12H8ClN5O3S/c1-17-5-15-8-3-7(13)6(2-9(8)17)11(19)16-12-14-4-10(22-12)18(20)21/h2-5H,1H3,(H,14,16,19). The van der Waals surface area contributed by atoms with Crippen LogP contribution in [0.5, 0.6) is 0 Å². The van der Waals surface area contributed by atoms with E-state index >= 15 is 0 Å². The molecule has 0 fully saturated rings. The molecule has 1 aromatic carbocycles. The number of nitro groups is 1. The van der Waals surface area contributed by atoms with Gasteiger partial charge in [-0.2, -0.15) is 0 Å². The van der Waals surface area contributed by atoms with Gasteiger partial charge in [0.2, 0.25) is 0 Å². The van der Waals surface area contributed by atoms with Gasteiger partial charge in [0, 0.05) is 7.05 Å². The van der Waals surface area contributed by atoms with Crippen molar-refractivity contribution in [1.29, 1.82) is 0 Å². The first kappa shape index (κ1) is 14.4. The van der Waals surface area contributed by atoms with E-state index in [0.29, 0.717) is 5.52 Å². The number of nitrogens with one attached hydrogen (secondary N) is 1. The van der Waals surface area contributed by atoms with Gasteiger partial charge in [0.25, 0.3) is 5.91 Å². The Kier molecular flexibility index (Phi) is 3.51. The summed E-state index contributed by atoms with van der Waals surface area (Å²) in [5.74, 6) is -0.489. The Balaban J connectivity index is 1.92. The molecule has 0 aliphatic rings. The first-order valence-electron chi connectivity index (χ1n) is 5.98. The number of nitrogens with zero attached hydrogens (tertiary/aromatic N) is 4. The molecule has 0 aliphatic carbocycles. The number of carbonyl (C=O) groups excluding carboxylic acids is 1.